The van der Waals surface area contributed by atoms with E-state index in [9.17, 15) is 13.6 Å². The number of carbonyl (C=O) groups is 1. The molecule has 0 aliphatic rings. The van der Waals surface area contributed by atoms with Crippen LogP contribution in [-0.4, -0.2) is 12.6 Å². The molecule has 1 aromatic carbocycles. The fraction of sp³-hybridized carbons (Fsp3) is 0.385. The van der Waals surface area contributed by atoms with E-state index in [-0.39, 0.29) is 35.0 Å². The van der Waals surface area contributed by atoms with E-state index in [4.69, 9.17) is 10.00 Å². The van der Waals surface area contributed by atoms with Crippen LogP contribution in [0, 0.1) is 11.3 Å². The van der Waals surface area contributed by atoms with Crippen molar-refractivity contribution in [2.75, 3.05) is 6.61 Å². The lowest BCUT2D eigenvalue weighted by molar-refractivity contribution is -0.142. The molecule has 6 heteroatoms. The van der Waals surface area contributed by atoms with Gasteiger partial charge >= 0.3 is 5.97 Å². The number of hydrogen-bond donors (Lipinski definition) is 0. The summed E-state index contributed by atoms with van der Waals surface area (Å²) >= 11 is 3.12. The second-order valence-electron chi connectivity index (χ2n) is 3.69. The van der Waals surface area contributed by atoms with Crippen molar-refractivity contribution in [2.45, 2.75) is 25.1 Å². The number of nitrogens with zero attached hydrogens (tertiary/aromatic N) is 1. The van der Waals surface area contributed by atoms with Gasteiger partial charge in [-0.25, -0.2) is 8.78 Å². The van der Waals surface area contributed by atoms with Gasteiger partial charge in [-0.15, -0.1) is 0 Å². The first kappa shape index (κ1) is 15.6. The van der Waals surface area contributed by atoms with Crippen molar-refractivity contribution in [3.8, 4) is 6.07 Å². The lowest BCUT2D eigenvalue weighted by Crippen LogP contribution is -2.11. The van der Waals surface area contributed by atoms with E-state index in [1.165, 1.54) is 12.1 Å². The lowest BCUT2D eigenvalue weighted by atomic mass is 9.96. The third-order valence-corrected chi connectivity index (χ3v) is 3.13. The van der Waals surface area contributed by atoms with Crippen LogP contribution in [-0.2, 0) is 21.3 Å². The Balaban J connectivity index is 3.24. The Morgan fingerprint density at radius 1 is 1.53 bits per heavy atom. The highest BCUT2D eigenvalue weighted by Gasteiger charge is 2.21. The Kier molecular flexibility index (Phi) is 5.90. The predicted molar refractivity (Wildman–Crippen MR) is 69.1 cm³/mol. The van der Waals surface area contributed by atoms with Crippen LogP contribution < -0.4 is 0 Å². The van der Waals surface area contributed by atoms with Crippen molar-refractivity contribution in [1.29, 1.82) is 5.26 Å². The Bertz CT molecular complexity index is 512. The van der Waals surface area contributed by atoms with E-state index in [0.29, 0.717) is 5.56 Å². The molecule has 0 aliphatic heterocycles. The number of nitriles is 1. The normalized spacial score (nSPS) is 10.3. The molecule has 0 unspecified atom stereocenters. The average molecular weight is 332 g/mol. The maximum atomic E-state index is 13.0. The molecule has 102 valence electrons. The molecule has 0 bridgehead atoms. The standard InChI is InChI=1S/C13H12BrF2NO2/c1-2-19-11(18)5-8-3-4-9(7-17)12(13(15)16)10(8)6-14/h3-4,13H,2,5-6H2,1H3. The quantitative estimate of drug-likeness (QED) is 0.613. The summed E-state index contributed by atoms with van der Waals surface area (Å²) in [7, 11) is 0. The summed E-state index contributed by atoms with van der Waals surface area (Å²) in [5.41, 5.74) is 0.338. The first-order chi connectivity index (χ1) is 9.04. The molecule has 0 N–H and O–H groups in total. The molecule has 19 heavy (non-hydrogen) atoms. The van der Waals surface area contributed by atoms with E-state index in [2.05, 4.69) is 15.9 Å². The van der Waals surface area contributed by atoms with Gasteiger partial charge in [0.2, 0.25) is 0 Å². The van der Waals surface area contributed by atoms with Gasteiger partial charge in [0.15, 0.2) is 0 Å². The van der Waals surface area contributed by atoms with Crippen LogP contribution in [0.5, 0.6) is 0 Å². The van der Waals surface area contributed by atoms with Gasteiger partial charge in [0.25, 0.3) is 6.43 Å². The minimum atomic E-state index is -2.76. The number of carbonyl (C=O) groups excluding carboxylic acids is 1. The van der Waals surface area contributed by atoms with Crippen LogP contribution in [0.2, 0.25) is 0 Å². The van der Waals surface area contributed by atoms with Crippen molar-refractivity contribution < 1.29 is 18.3 Å². The fourth-order valence-corrected chi connectivity index (χ4v) is 2.41. The SMILES string of the molecule is CCOC(=O)Cc1ccc(C#N)c(C(F)F)c1CBr. The molecule has 0 atom stereocenters. The summed E-state index contributed by atoms with van der Waals surface area (Å²) in [5.74, 6) is -0.477. The molecular weight excluding hydrogens is 320 g/mol. The molecule has 3 nitrogen and oxygen atoms in total. The third-order valence-electron chi connectivity index (χ3n) is 2.57. The largest absolute Gasteiger partial charge is 0.466 e. The third kappa shape index (κ3) is 3.74. The van der Waals surface area contributed by atoms with Crippen LogP contribution in [0.4, 0.5) is 8.78 Å². The molecule has 0 aromatic heterocycles. The van der Waals surface area contributed by atoms with Crippen LogP contribution in [0.15, 0.2) is 12.1 Å². The van der Waals surface area contributed by atoms with Crippen LogP contribution in [0.1, 0.15) is 35.6 Å². The summed E-state index contributed by atoms with van der Waals surface area (Å²) in [6.45, 7) is 1.91. The van der Waals surface area contributed by atoms with Gasteiger partial charge in [-0.05, 0) is 24.1 Å². The molecule has 1 rings (SSSR count). The summed E-state index contributed by atoms with van der Waals surface area (Å²) in [6, 6.07) is 4.56. The van der Waals surface area contributed by atoms with Crippen LogP contribution >= 0.6 is 15.9 Å². The molecule has 0 heterocycles. The zero-order chi connectivity index (χ0) is 14.4. The number of alkyl halides is 3. The van der Waals surface area contributed by atoms with E-state index >= 15 is 0 Å². The number of halogens is 3. The predicted octanol–water partition coefficient (Wildman–Crippen LogP) is 3.50. The van der Waals surface area contributed by atoms with E-state index in [1.807, 2.05) is 0 Å². The molecular formula is C13H12BrF2NO2. The summed E-state index contributed by atoms with van der Waals surface area (Å²) in [5, 5.41) is 9.00. The van der Waals surface area contributed by atoms with Gasteiger partial charge in [0, 0.05) is 10.9 Å². The second kappa shape index (κ2) is 7.19. The van der Waals surface area contributed by atoms with Crippen molar-refractivity contribution in [3.63, 3.8) is 0 Å². The molecule has 0 spiro atoms. The molecule has 0 aliphatic carbocycles. The second-order valence-corrected chi connectivity index (χ2v) is 4.25. The Hall–Kier alpha value is -1.48. The van der Waals surface area contributed by atoms with Gasteiger partial charge in [-0.1, -0.05) is 22.0 Å². The molecule has 1 aromatic rings. The minimum Gasteiger partial charge on any atom is -0.466 e. The van der Waals surface area contributed by atoms with Gasteiger partial charge < -0.3 is 4.74 Å². The maximum Gasteiger partial charge on any atom is 0.310 e. The first-order valence-corrected chi connectivity index (χ1v) is 6.71. The Labute approximate surface area is 118 Å². The Morgan fingerprint density at radius 2 is 2.21 bits per heavy atom. The van der Waals surface area contributed by atoms with E-state index in [1.54, 1.807) is 13.0 Å². The number of rotatable bonds is 5. The first-order valence-electron chi connectivity index (χ1n) is 5.59. The number of benzene rings is 1. The zero-order valence-corrected chi connectivity index (χ0v) is 11.8. The van der Waals surface area contributed by atoms with Gasteiger partial charge in [-0.3, -0.25) is 4.79 Å². The minimum absolute atomic E-state index is 0.0722. The van der Waals surface area contributed by atoms with Gasteiger partial charge in [-0.2, -0.15) is 5.26 Å². The van der Waals surface area contributed by atoms with Crippen molar-refractivity contribution in [2.24, 2.45) is 0 Å². The van der Waals surface area contributed by atoms with Gasteiger partial charge in [0.05, 0.1) is 24.7 Å². The molecule has 0 saturated heterocycles. The van der Waals surface area contributed by atoms with E-state index in [0.717, 1.165) is 0 Å². The molecule has 0 radical (unpaired) electrons. The summed E-state index contributed by atoms with van der Waals surface area (Å²) in [4.78, 5) is 11.4. The van der Waals surface area contributed by atoms with Gasteiger partial charge in [0.1, 0.15) is 0 Å². The fourth-order valence-electron chi connectivity index (χ4n) is 1.75. The topological polar surface area (TPSA) is 50.1 Å². The van der Waals surface area contributed by atoms with Crippen molar-refractivity contribution >= 4 is 21.9 Å². The molecule has 0 amide bonds. The van der Waals surface area contributed by atoms with Crippen molar-refractivity contribution in [3.05, 3.63) is 34.4 Å². The number of ether oxygens (including phenoxy) is 1. The van der Waals surface area contributed by atoms with Crippen molar-refractivity contribution in [1.82, 2.24) is 0 Å². The molecule has 0 fully saturated rings. The number of hydrogen-bond acceptors (Lipinski definition) is 3. The van der Waals surface area contributed by atoms with Crippen LogP contribution in [0.25, 0.3) is 0 Å². The van der Waals surface area contributed by atoms with Crippen LogP contribution in [0.3, 0.4) is 0 Å². The Morgan fingerprint density at radius 3 is 2.68 bits per heavy atom. The monoisotopic (exact) mass is 331 g/mol. The highest BCUT2D eigenvalue weighted by atomic mass is 79.9. The van der Waals surface area contributed by atoms with E-state index < -0.39 is 12.4 Å². The zero-order valence-electron chi connectivity index (χ0n) is 10.3. The molecule has 0 saturated carbocycles. The highest BCUT2D eigenvalue weighted by molar-refractivity contribution is 9.08. The summed E-state index contributed by atoms with van der Waals surface area (Å²) in [6.07, 6.45) is -2.84. The maximum absolute atomic E-state index is 13.0. The highest BCUT2D eigenvalue weighted by Crippen LogP contribution is 2.31. The lowest BCUT2D eigenvalue weighted by Gasteiger charge is -2.13. The number of esters is 1. The average Bonchev–Trinajstić information content (AvgIpc) is 2.38. The summed E-state index contributed by atoms with van der Waals surface area (Å²) < 4.78 is 30.9. The smallest absolute Gasteiger partial charge is 0.310 e.